The summed E-state index contributed by atoms with van der Waals surface area (Å²) in [4.78, 5) is 4.52. The number of nitrogens with zero attached hydrogens (tertiary/aromatic N) is 2. The Morgan fingerprint density at radius 2 is 2.05 bits per heavy atom. The molecule has 22 heavy (non-hydrogen) atoms. The first-order valence-electron chi connectivity index (χ1n) is 6.67. The number of anilines is 1. The van der Waals surface area contributed by atoms with Crippen molar-refractivity contribution in [2.24, 2.45) is 5.10 Å². The van der Waals surface area contributed by atoms with Gasteiger partial charge >= 0.3 is 0 Å². The summed E-state index contributed by atoms with van der Waals surface area (Å²) in [5, 5.41) is 7.05. The molecular formula is C15H18BrN3O2S. The van der Waals surface area contributed by atoms with Crippen LogP contribution in [0.4, 0.5) is 5.13 Å². The molecule has 5 nitrogen and oxygen atoms in total. The van der Waals surface area contributed by atoms with Gasteiger partial charge in [-0.05, 0) is 23.8 Å². The van der Waals surface area contributed by atoms with Gasteiger partial charge in [-0.3, -0.25) is 5.43 Å². The van der Waals surface area contributed by atoms with E-state index in [1.54, 1.807) is 17.6 Å². The molecule has 2 aromatic rings. The van der Waals surface area contributed by atoms with Crippen molar-refractivity contribution < 1.29 is 9.47 Å². The number of ether oxygens (including phenoxy) is 2. The lowest BCUT2D eigenvalue weighted by Crippen LogP contribution is -2.11. The van der Waals surface area contributed by atoms with Crippen molar-refractivity contribution in [3.63, 3.8) is 0 Å². The number of nitrogens with one attached hydrogen (secondary N) is 1. The van der Waals surface area contributed by atoms with Crippen molar-refractivity contribution in [1.29, 1.82) is 0 Å². The van der Waals surface area contributed by atoms with E-state index in [2.05, 4.69) is 41.7 Å². The molecule has 3 rings (SSSR count). The molecule has 1 aliphatic rings. The van der Waals surface area contributed by atoms with E-state index >= 15 is 0 Å². The van der Waals surface area contributed by atoms with E-state index in [4.69, 9.17) is 9.47 Å². The third-order valence-electron chi connectivity index (χ3n) is 3.04. The highest BCUT2D eigenvalue weighted by Gasteiger charge is 2.17. The maximum atomic E-state index is 5.33. The summed E-state index contributed by atoms with van der Waals surface area (Å²) in [6.07, 6.45) is 1.74. The van der Waals surface area contributed by atoms with Crippen LogP contribution in [0.2, 0.25) is 0 Å². The van der Waals surface area contributed by atoms with E-state index in [0.717, 1.165) is 27.9 Å². The first-order chi connectivity index (χ1) is 10.0. The Labute approximate surface area is 144 Å². The fourth-order valence-electron chi connectivity index (χ4n) is 1.83. The van der Waals surface area contributed by atoms with E-state index in [1.807, 2.05) is 18.2 Å². The summed E-state index contributed by atoms with van der Waals surface area (Å²) in [7, 11) is 0. The number of hydrazone groups is 1. The first kappa shape index (κ1) is 16.8. The van der Waals surface area contributed by atoms with Gasteiger partial charge in [-0.1, -0.05) is 20.8 Å². The molecule has 118 valence electrons. The highest BCUT2D eigenvalue weighted by atomic mass is 79.9. The zero-order valence-electron chi connectivity index (χ0n) is 12.6. The van der Waals surface area contributed by atoms with Crippen molar-refractivity contribution in [2.45, 2.75) is 26.2 Å². The van der Waals surface area contributed by atoms with E-state index in [0.29, 0.717) is 0 Å². The van der Waals surface area contributed by atoms with Crippen LogP contribution in [0.3, 0.4) is 0 Å². The lowest BCUT2D eigenvalue weighted by Gasteiger charge is -2.13. The standard InChI is InChI=1S/C15H17N3O2S.BrH/c1-15(2,3)13-8-21-14(17-13)18-16-7-10-4-5-11-12(6-10)20-9-19-11;/h4-8H,9H2,1-3H3,(H,17,18);1H/b16-7+;. The van der Waals surface area contributed by atoms with Gasteiger partial charge < -0.3 is 9.47 Å². The van der Waals surface area contributed by atoms with Crippen LogP contribution in [-0.2, 0) is 5.41 Å². The zero-order valence-corrected chi connectivity index (χ0v) is 15.2. The number of rotatable bonds is 3. The van der Waals surface area contributed by atoms with E-state index in [1.165, 1.54) is 0 Å². The summed E-state index contributed by atoms with van der Waals surface area (Å²) in [5.41, 5.74) is 5.02. The molecule has 0 aliphatic carbocycles. The number of thiazole rings is 1. The quantitative estimate of drug-likeness (QED) is 0.637. The monoisotopic (exact) mass is 383 g/mol. The normalized spacial score (nSPS) is 13.2. The molecule has 0 saturated carbocycles. The van der Waals surface area contributed by atoms with Gasteiger partial charge in [0.1, 0.15) is 0 Å². The van der Waals surface area contributed by atoms with Crippen LogP contribution in [0.25, 0.3) is 0 Å². The van der Waals surface area contributed by atoms with Crippen molar-refractivity contribution in [3.05, 3.63) is 34.8 Å². The second-order valence-electron chi connectivity index (χ2n) is 5.77. The van der Waals surface area contributed by atoms with E-state index in [-0.39, 0.29) is 29.2 Å². The number of benzene rings is 1. The van der Waals surface area contributed by atoms with Crippen LogP contribution in [0.15, 0.2) is 28.7 Å². The molecule has 0 atom stereocenters. The Balaban J connectivity index is 0.00000176. The third kappa shape index (κ3) is 3.78. The molecule has 0 radical (unpaired) electrons. The van der Waals surface area contributed by atoms with Crippen LogP contribution < -0.4 is 14.9 Å². The van der Waals surface area contributed by atoms with E-state index in [9.17, 15) is 0 Å². The third-order valence-corrected chi connectivity index (χ3v) is 3.79. The zero-order chi connectivity index (χ0) is 14.9. The number of aromatic nitrogens is 1. The van der Waals surface area contributed by atoms with Gasteiger partial charge in [0, 0.05) is 10.8 Å². The first-order valence-corrected chi connectivity index (χ1v) is 7.55. The fraction of sp³-hybridized carbons (Fsp3) is 0.333. The van der Waals surface area contributed by atoms with Gasteiger partial charge in [0.15, 0.2) is 11.5 Å². The topological polar surface area (TPSA) is 55.7 Å². The molecule has 1 aromatic carbocycles. The molecule has 0 bridgehead atoms. The predicted octanol–water partition coefficient (Wildman–Crippen LogP) is 4.19. The SMILES string of the molecule is Br.CC(C)(C)c1csc(N/N=C/c2ccc3c(c2)OCO3)n1. The Kier molecular flexibility index (Phi) is 5.08. The molecule has 0 unspecified atom stereocenters. The van der Waals surface area contributed by atoms with Gasteiger partial charge in [0.2, 0.25) is 11.9 Å². The van der Waals surface area contributed by atoms with Crippen LogP contribution >= 0.6 is 28.3 Å². The molecule has 1 N–H and O–H groups in total. The summed E-state index contributed by atoms with van der Waals surface area (Å²) >= 11 is 1.55. The predicted molar refractivity (Wildman–Crippen MR) is 94.9 cm³/mol. The summed E-state index contributed by atoms with van der Waals surface area (Å²) in [6, 6.07) is 5.71. The smallest absolute Gasteiger partial charge is 0.231 e. The molecule has 1 aromatic heterocycles. The summed E-state index contributed by atoms with van der Waals surface area (Å²) in [5.74, 6) is 1.53. The highest BCUT2D eigenvalue weighted by molar-refractivity contribution is 8.93. The largest absolute Gasteiger partial charge is 0.454 e. The van der Waals surface area contributed by atoms with Crippen LogP contribution in [0.5, 0.6) is 11.5 Å². The molecule has 2 heterocycles. The van der Waals surface area contributed by atoms with Crippen molar-refractivity contribution in [1.82, 2.24) is 4.98 Å². The maximum absolute atomic E-state index is 5.33. The lowest BCUT2D eigenvalue weighted by molar-refractivity contribution is 0.174. The number of halogens is 1. The number of fused-ring (bicyclic) bond motifs is 1. The van der Waals surface area contributed by atoms with Crippen LogP contribution in [0, 0.1) is 0 Å². The highest BCUT2D eigenvalue weighted by Crippen LogP contribution is 2.32. The summed E-state index contributed by atoms with van der Waals surface area (Å²) in [6.45, 7) is 6.70. The van der Waals surface area contributed by atoms with Gasteiger partial charge in [-0.25, -0.2) is 4.98 Å². The lowest BCUT2D eigenvalue weighted by atomic mass is 9.93. The van der Waals surface area contributed by atoms with E-state index < -0.39 is 0 Å². The Hall–Kier alpha value is -1.60. The average Bonchev–Trinajstić information content (AvgIpc) is 3.05. The molecule has 0 amide bonds. The van der Waals surface area contributed by atoms with Gasteiger partial charge in [-0.15, -0.1) is 28.3 Å². The Morgan fingerprint density at radius 1 is 1.27 bits per heavy atom. The second-order valence-corrected chi connectivity index (χ2v) is 6.63. The molecule has 0 saturated heterocycles. The summed E-state index contributed by atoms with van der Waals surface area (Å²) < 4.78 is 10.6. The number of hydrogen-bond acceptors (Lipinski definition) is 6. The minimum Gasteiger partial charge on any atom is -0.454 e. The van der Waals surface area contributed by atoms with Crippen molar-refractivity contribution in [3.8, 4) is 11.5 Å². The molecule has 7 heteroatoms. The number of hydrogen-bond donors (Lipinski definition) is 1. The van der Waals surface area contributed by atoms with Gasteiger partial charge in [0.25, 0.3) is 0 Å². The van der Waals surface area contributed by atoms with Crippen molar-refractivity contribution in [2.75, 3.05) is 12.2 Å². The molecule has 0 spiro atoms. The molecule has 1 aliphatic heterocycles. The van der Waals surface area contributed by atoms with Crippen LogP contribution in [-0.4, -0.2) is 18.0 Å². The van der Waals surface area contributed by atoms with Gasteiger partial charge in [0.05, 0.1) is 11.9 Å². The minimum atomic E-state index is 0. The molecular weight excluding hydrogens is 366 g/mol. The average molecular weight is 384 g/mol. The second kappa shape index (κ2) is 6.66. The fourth-order valence-corrected chi connectivity index (χ4v) is 2.71. The minimum absolute atomic E-state index is 0. The molecule has 0 fully saturated rings. The Morgan fingerprint density at radius 3 is 2.77 bits per heavy atom. The van der Waals surface area contributed by atoms with Crippen molar-refractivity contribution >= 4 is 39.7 Å². The van der Waals surface area contributed by atoms with Crippen LogP contribution in [0.1, 0.15) is 32.0 Å². The van der Waals surface area contributed by atoms with Gasteiger partial charge in [-0.2, -0.15) is 5.10 Å². The Bertz CT molecular complexity index is 680. The maximum Gasteiger partial charge on any atom is 0.231 e.